The first kappa shape index (κ1) is 17.6. The summed E-state index contributed by atoms with van der Waals surface area (Å²) >= 11 is 0. The number of aromatic amines is 1. The van der Waals surface area contributed by atoms with Crippen LogP contribution in [0.2, 0.25) is 0 Å². The Labute approximate surface area is 167 Å². The van der Waals surface area contributed by atoms with Crippen LogP contribution in [-0.4, -0.2) is 38.8 Å². The summed E-state index contributed by atoms with van der Waals surface area (Å²) in [7, 11) is 0. The molecule has 3 aromatic heterocycles. The van der Waals surface area contributed by atoms with Crippen LogP contribution in [0.3, 0.4) is 0 Å². The number of H-pyrrole nitrogens is 1. The fourth-order valence-corrected chi connectivity index (χ4v) is 3.75. The summed E-state index contributed by atoms with van der Waals surface area (Å²) in [5.74, 6) is 0.581. The molecule has 1 amide bonds. The van der Waals surface area contributed by atoms with Gasteiger partial charge in [-0.1, -0.05) is 6.07 Å². The van der Waals surface area contributed by atoms with E-state index in [-0.39, 0.29) is 11.8 Å². The zero-order chi connectivity index (χ0) is 19.6. The summed E-state index contributed by atoms with van der Waals surface area (Å²) in [5, 5.41) is 4.00. The highest BCUT2D eigenvalue weighted by atomic mass is 16.4. The van der Waals surface area contributed by atoms with Crippen LogP contribution in [0.1, 0.15) is 27.7 Å². The Morgan fingerprint density at radius 3 is 3.03 bits per heavy atom. The lowest BCUT2D eigenvalue weighted by Gasteiger charge is -2.19. The first-order valence-corrected chi connectivity index (χ1v) is 9.73. The van der Waals surface area contributed by atoms with Crippen molar-refractivity contribution < 1.29 is 9.21 Å². The number of oxazole rings is 1. The second-order valence-corrected chi connectivity index (χ2v) is 7.26. The van der Waals surface area contributed by atoms with Crippen LogP contribution >= 0.6 is 0 Å². The van der Waals surface area contributed by atoms with Crippen molar-refractivity contribution >= 4 is 22.5 Å². The van der Waals surface area contributed by atoms with Crippen LogP contribution in [0.4, 0.5) is 5.69 Å². The molecule has 0 atom stereocenters. The molecule has 29 heavy (non-hydrogen) atoms. The number of nitrogens with one attached hydrogen (secondary N) is 2. The number of fused-ring (bicyclic) bond motifs is 2. The lowest BCUT2D eigenvalue weighted by atomic mass is 10.1. The average molecular weight is 387 g/mol. The number of benzene rings is 1. The molecule has 0 spiro atoms. The van der Waals surface area contributed by atoms with E-state index in [2.05, 4.69) is 49.4 Å². The van der Waals surface area contributed by atoms with Crippen molar-refractivity contribution in [2.24, 2.45) is 0 Å². The fraction of sp³-hybridized carbons (Fsp3) is 0.227. The molecular formula is C22H21N5O2. The Balaban J connectivity index is 1.24. The minimum Gasteiger partial charge on any atom is -0.437 e. The molecule has 4 aromatic rings. The molecule has 1 aliphatic heterocycles. The third-order valence-electron chi connectivity index (χ3n) is 5.24. The number of pyridine rings is 1. The third-order valence-corrected chi connectivity index (χ3v) is 5.24. The zero-order valence-corrected chi connectivity index (χ0v) is 15.9. The number of nitrogens with zero attached hydrogens (tertiary/aromatic N) is 3. The first-order valence-electron chi connectivity index (χ1n) is 9.73. The topological polar surface area (TPSA) is 87.1 Å². The highest BCUT2D eigenvalue weighted by Crippen LogP contribution is 2.21. The van der Waals surface area contributed by atoms with E-state index in [1.807, 2.05) is 6.20 Å². The third kappa shape index (κ3) is 3.77. The Morgan fingerprint density at radius 2 is 2.14 bits per heavy atom. The number of amides is 1. The Hall–Kier alpha value is -3.45. The van der Waals surface area contributed by atoms with Crippen molar-refractivity contribution in [2.45, 2.75) is 19.4 Å². The summed E-state index contributed by atoms with van der Waals surface area (Å²) < 4.78 is 5.79. The van der Waals surface area contributed by atoms with Crippen molar-refractivity contribution in [1.29, 1.82) is 0 Å². The minimum atomic E-state index is -0.345. The first-order chi connectivity index (χ1) is 14.2. The summed E-state index contributed by atoms with van der Waals surface area (Å²) in [6.45, 7) is 2.64. The van der Waals surface area contributed by atoms with Gasteiger partial charge in [-0.25, -0.2) is 4.98 Å². The lowest BCUT2D eigenvalue weighted by Crippen LogP contribution is -2.26. The number of hydrogen-bond acceptors (Lipinski definition) is 5. The van der Waals surface area contributed by atoms with Crippen molar-refractivity contribution in [1.82, 2.24) is 19.9 Å². The van der Waals surface area contributed by atoms with Crippen molar-refractivity contribution in [3.63, 3.8) is 0 Å². The SMILES string of the molecule is O=C(Nc1cccnc1)c1nc2c(o1)CCN(Cc1ccc3[nH]ccc3c1)CC2. The predicted molar refractivity (Wildman–Crippen MR) is 110 cm³/mol. The standard InChI is InChI=1S/C22H21N5O2/c28-21(25-17-2-1-8-23-13-17)22-26-19-6-10-27(11-7-20(19)29-22)14-15-3-4-18-16(12-15)5-9-24-18/h1-5,8-9,12-13,24H,6-7,10-11,14H2,(H,25,28). The summed E-state index contributed by atoms with van der Waals surface area (Å²) in [6.07, 6.45) is 6.73. The number of aromatic nitrogens is 3. The Bertz CT molecular complexity index is 1120. The highest BCUT2D eigenvalue weighted by molar-refractivity contribution is 6.00. The molecule has 0 saturated carbocycles. The molecule has 0 aliphatic carbocycles. The molecule has 0 unspecified atom stereocenters. The summed E-state index contributed by atoms with van der Waals surface area (Å²) in [6, 6.07) is 12.2. The molecule has 5 rings (SSSR count). The molecule has 1 aliphatic rings. The maximum atomic E-state index is 12.4. The highest BCUT2D eigenvalue weighted by Gasteiger charge is 2.23. The maximum Gasteiger partial charge on any atom is 0.311 e. The monoisotopic (exact) mass is 387 g/mol. The van der Waals surface area contributed by atoms with Gasteiger partial charge in [0.1, 0.15) is 5.76 Å². The van der Waals surface area contributed by atoms with Gasteiger partial charge in [0.25, 0.3) is 5.89 Å². The van der Waals surface area contributed by atoms with E-state index in [9.17, 15) is 4.79 Å². The molecule has 0 radical (unpaired) electrons. The lowest BCUT2D eigenvalue weighted by molar-refractivity contribution is 0.0988. The number of anilines is 1. The fourth-order valence-electron chi connectivity index (χ4n) is 3.75. The Kier molecular flexibility index (Phi) is 4.57. The van der Waals surface area contributed by atoms with Crippen molar-refractivity contribution in [2.75, 3.05) is 18.4 Å². The van der Waals surface area contributed by atoms with E-state index < -0.39 is 0 Å². The minimum absolute atomic E-state index is 0.116. The number of hydrogen-bond donors (Lipinski definition) is 2. The average Bonchev–Trinajstić information content (AvgIpc) is 3.33. The summed E-state index contributed by atoms with van der Waals surface area (Å²) in [4.78, 5) is 26.5. The van der Waals surface area contributed by atoms with Crippen LogP contribution in [0.5, 0.6) is 0 Å². The summed E-state index contributed by atoms with van der Waals surface area (Å²) in [5.41, 5.74) is 3.95. The van der Waals surface area contributed by atoms with E-state index in [4.69, 9.17) is 4.42 Å². The van der Waals surface area contributed by atoms with Crippen LogP contribution < -0.4 is 5.32 Å². The van der Waals surface area contributed by atoms with Crippen LogP contribution in [-0.2, 0) is 19.4 Å². The number of carbonyl (C=O) groups excluding carboxylic acids is 1. The number of carbonyl (C=O) groups is 1. The maximum absolute atomic E-state index is 12.4. The molecule has 146 valence electrons. The van der Waals surface area contributed by atoms with Crippen LogP contribution in [0.25, 0.3) is 10.9 Å². The van der Waals surface area contributed by atoms with Gasteiger partial charge in [-0.05, 0) is 41.3 Å². The molecule has 7 nitrogen and oxygen atoms in total. The quantitative estimate of drug-likeness (QED) is 0.560. The molecular weight excluding hydrogens is 366 g/mol. The van der Waals surface area contributed by atoms with Gasteiger partial charge in [0, 0.05) is 50.4 Å². The molecule has 7 heteroatoms. The molecule has 1 aromatic carbocycles. The molecule has 0 saturated heterocycles. The van der Waals surface area contributed by atoms with Crippen molar-refractivity contribution in [3.8, 4) is 0 Å². The molecule has 0 bridgehead atoms. The smallest absolute Gasteiger partial charge is 0.311 e. The second kappa shape index (κ2) is 7.52. The second-order valence-electron chi connectivity index (χ2n) is 7.26. The van der Waals surface area contributed by atoms with E-state index in [0.29, 0.717) is 5.69 Å². The number of rotatable bonds is 4. The Morgan fingerprint density at radius 1 is 1.21 bits per heavy atom. The van der Waals surface area contributed by atoms with Gasteiger partial charge in [0.15, 0.2) is 0 Å². The predicted octanol–water partition coefficient (Wildman–Crippen LogP) is 3.40. The van der Waals surface area contributed by atoms with Gasteiger partial charge in [0.2, 0.25) is 0 Å². The molecule has 0 fully saturated rings. The van der Waals surface area contributed by atoms with Gasteiger partial charge in [0.05, 0.1) is 17.6 Å². The van der Waals surface area contributed by atoms with E-state index in [0.717, 1.165) is 49.4 Å². The van der Waals surface area contributed by atoms with E-state index in [1.165, 1.54) is 10.9 Å². The molecule has 4 heterocycles. The van der Waals surface area contributed by atoms with Gasteiger partial charge in [-0.3, -0.25) is 14.7 Å². The zero-order valence-electron chi connectivity index (χ0n) is 15.9. The van der Waals surface area contributed by atoms with E-state index >= 15 is 0 Å². The van der Waals surface area contributed by atoms with Crippen molar-refractivity contribution in [3.05, 3.63) is 77.9 Å². The molecule has 2 N–H and O–H groups in total. The largest absolute Gasteiger partial charge is 0.437 e. The van der Waals surface area contributed by atoms with E-state index in [1.54, 1.807) is 24.5 Å². The normalized spacial score (nSPS) is 14.5. The van der Waals surface area contributed by atoms with Crippen LogP contribution in [0, 0.1) is 0 Å². The van der Waals surface area contributed by atoms with Gasteiger partial charge >= 0.3 is 5.91 Å². The van der Waals surface area contributed by atoms with Gasteiger partial charge < -0.3 is 14.7 Å². The van der Waals surface area contributed by atoms with Crippen LogP contribution in [0.15, 0.2) is 59.4 Å². The van der Waals surface area contributed by atoms with Gasteiger partial charge in [-0.2, -0.15) is 0 Å². The van der Waals surface area contributed by atoms with Gasteiger partial charge in [-0.15, -0.1) is 0 Å².